The molecule has 7 heteroatoms. The van der Waals surface area contributed by atoms with Crippen molar-refractivity contribution in [2.45, 2.75) is 64.2 Å². The lowest BCUT2D eigenvalue weighted by Gasteiger charge is -2.34. The van der Waals surface area contributed by atoms with E-state index in [9.17, 15) is 9.59 Å². The monoisotopic (exact) mass is 432 g/mol. The van der Waals surface area contributed by atoms with Crippen molar-refractivity contribution in [2.24, 2.45) is 11.7 Å². The van der Waals surface area contributed by atoms with Crippen molar-refractivity contribution < 1.29 is 9.59 Å². The smallest absolute Gasteiger partial charge is 0.251 e. The fourth-order valence-electron chi connectivity index (χ4n) is 5.29. The number of aryl methyl sites for hydroxylation is 1. The third-order valence-corrected chi connectivity index (χ3v) is 8.17. The van der Waals surface area contributed by atoms with Gasteiger partial charge in [0.25, 0.3) is 5.91 Å². The number of thiophene rings is 1. The first-order chi connectivity index (χ1) is 14.6. The van der Waals surface area contributed by atoms with E-state index in [0.717, 1.165) is 50.3 Å². The summed E-state index contributed by atoms with van der Waals surface area (Å²) >= 11 is 1.55. The maximum atomic E-state index is 12.7. The number of hydrogen-bond acceptors (Lipinski definition) is 5. The number of likely N-dealkylation sites (tertiary alicyclic amines) is 2. The molecule has 0 spiro atoms. The average molecular weight is 433 g/mol. The van der Waals surface area contributed by atoms with Gasteiger partial charge in [-0.3, -0.25) is 14.5 Å². The van der Waals surface area contributed by atoms with Crippen LogP contribution in [0.3, 0.4) is 0 Å². The van der Waals surface area contributed by atoms with Crippen LogP contribution in [0.4, 0.5) is 5.00 Å². The minimum atomic E-state index is -0.418. The van der Waals surface area contributed by atoms with Gasteiger partial charge in [0.2, 0.25) is 5.91 Å². The van der Waals surface area contributed by atoms with Gasteiger partial charge in [-0.25, -0.2) is 0 Å². The maximum absolute atomic E-state index is 12.7. The van der Waals surface area contributed by atoms with E-state index in [4.69, 9.17) is 5.73 Å². The van der Waals surface area contributed by atoms with Gasteiger partial charge in [0.05, 0.1) is 12.1 Å². The van der Waals surface area contributed by atoms with Crippen LogP contribution in [0.5, 0.6) is 0 Å². The maximum Gasteiger partial charge on any atom is 0.251 e. The molecular weight excluding hydrogens is 396 g/mol. The molecule has 3 heterocycles. The minimum absolute atomic E-state index is 0.0259. The largest absolute Gasteiger partial charge is 0.365 e. The number of rotatable bonds is 6. The highest BCUT2D eigenvalue weighted by Gasteiger charge is 2.27. The van der Waals surface area contributed by atoms with Crippen molar-refractivity contribution in [3.8, 4) is 0 Å². The molecule has 166 valence electrons. The molecule has 0 atom stereocenters. The third kappa shape index (κ3) is 5.42. The Hall–Kier alpha value is -1.44. The Morgan fingerprint density at radius 2 is 1.63 bits per heavy atom. The molecule has 2 fully saturated rings. The highest BCUT2D eigenvalue weighted by Crippen LogP contribution is 2.37. The second-order valence-electron chi connectivity index (χ2n) is 9.26. The van der Waals surface area contributed by atoms with Gasteiger partial charge >= 0.3 is 0 Å². The molecule has 0 radical (unpaired) electrons. The molecule has 2 amide bonds. The summed E-state index contributed by atoms with van der Waals surface area (Å²) in [7, 11) is 0. The Balaban J connectivity index is 1.26. The van der Waals surface area contributed by atoms with Gasteiger partial charge in [-0.05, 0) is 89.0 Å². The second kappa shape index (κ2) is 10.2. The lowest BCUT2D eigenvalue weighted by molar-refractivity contribution is -0.117. The highest BCUT2D eigenvalue weighted by molar-refractivity contribution is 7.17. The SMILES string of the molecule is NC(=O)c1c(NC(=O)CN2CCC(CN3CCCCCC3)CC2)sc2c1CCCC2. The van der Waals surface area contributed by atoms with Crippen molar-refractivity contribution in [1.82, 2.24) is 9.80 Å². The molecule has 30 heavy (non-hydrogen) atoms. The summed E-state index contributed by atoms with van der Waals surface area (Å²) < 4.78 is 0. The van der Waals surface area contributed by atoms with Gasteiger partial charge in [0.15, 0.2) is 0 Å². The van der Waals surface area contributed by atoms with Gasteiger partial charge < -0.3 is 16.0 Å². The van der Waals surface area contributed by atoms with Gasteiger partial charge in [0.1, 0.15) is 5.00 Å². The van der Waals surface area contributed by atoms with Gasteiger partial charge in [-0.2, -0.15) is 0 Å². The standard InChI is InChI=1S/C23H36N4O2S/c24-22(29)21-18-7-3-4-8-19(18)30-23(21)25-20(28)16-27-13-9-17(10-14-27)15-26-11-5-1-2-6-12-26/h17H,1-16H2,(H2,24,29)(H,25,28). The van der Waals surface area contributed by atoms with Crippen molar-refractivity contribution >= 4 is 28.2 Å². The molecule has 3 N–H and O–H groups in total. The predicted molar refractivity (Wildman–Crippen MR) is 122 cm³/mol. The molecule has 4 rings (SSSR count). The summed E-state index contributed by atoms with van der Waals surface area (Å²) in [5.41, 5.74) is 7.27. The summed E-state index contributed by atoms with van der Waals surface area (Å²) in [4.78, 5) is 30.8. The number of fused-ring (bicyclic) bond motifs is 1. The Morgan fingerprint density at radius 1 is 0.933 bits per heavy atom. The van der Waals surface area contributed by atoms with Gasteiger partial charge in [-0.15, -0.1) is 11.3 Å². The fraction of sp³-hybridized carbons (Fsp3) is 0.739. The molecule has 2 aliphatic heterocycles. The number of nitrogens with zero attached hydrogens (tertiary/aromatic N) is 2. The summed E-state index contributed by atoms with van der Waals surface area (Å²) in [6, 6.07) is 0. The molecule has 2 saturated heterocycles. The molecular formula is C23H36N4O2S. The zero-order chi connectivity index (χ0) is 20.9. The predicted octanol–water partition coefficient (Wildman–Crippen LogP) is 3.25. The molecule has 6 nitrogen and oxygen atoms in total. The van der Waals surface area contributed by atoms with Crippen LogP contribution in [0.25, 0.3) is 0 Å². The number of hydrogen-bond donors (Lipinski definition) is 2. The number of carbonyl (C=O) groups is 2. The first-order valence-electron chi connectivity index (χ1n) is 11.8. The summed E-state index contributed by atoms with van der Waals surface area (Å²) in [6.07, 6.45) is 11.9. The van der Waals surface area contributed by atoms with Crippen LogP contribution in [0.1, 0.15) is 72.2 Å². The zero-order valence-corrected chi connectivity index (χ0v) is 18.9. The van der Waals surface area contributed by atoms with Crippen LogP contribution < -0.4 is 11.1 Å². The molecule has 1 aromatic heterocycles. The molecule has 1 aliphatic carbocycles. The average Bonchev–Trinajstić information content (AvgIpc) is 2.89. The Morgan fingerprint density at radius 3 is 2.33 bits per heavy atom. The van der Waals surface area contributed by atoms with Crippen LogP contribution in [-0.2, 0) is 17.6 Å². The number of piperidine rings is 1. The number of nitrogens with two attached hydrogens (primary N) is 1. The van der Waals surface area contributed by atoms with E-state index in [1.165, 1.54) is 63.0 Å². The Labute approximate surface area is 184 Å². The molecule has 0 saturated carbocycles. The first kappa shape index (κ1) is 21.8. The Bertz CT molecular complexity index is 747. The lowest BCUT2D eigenvalue weighted by atomic mass is 9.95. The van der Waals surface area contributed by atoms with E-state index in [2.05, 4.69) is 15.1 Å². The number of anilines is 1. The minimum Gasteiger partial charge on any atom is -0.365 e. The second-order valence-corrected chi connectivity index (χ2v) is 10.4. The Kier molecular flexibility index (Phi) is 7.44. The van der Waals surface area contributed by atoms with Crippen LogP contribution in [0.15, 0.2) is 0 Å². The summed E-state index contributed by atoms with van der Waals surface area (Å²) in [6.45, 7) is 6.11. The molecule has 1 aromatic rings. The van der Waals surface area contributed by atoms with E-state index in [0.29, 0.717) is 17.1 Å². The van der Waals surface area contributed by atoms with E-state index >= 15 is 0 Å². The normalized spacial score (nSPS) is 21.7. The molecule has 0 unspecified atom stereocenters. The van der Waals surface area contributed by atoms with E-state index in [-0.39, 0.29) is 5.91 Å². The summed E-state index contributed by atoms with van der Waals surface area (Å²) in [5, 5.41) is 3.67. The summed E-state index contributed by atoms with van der Waals surface area (Å²) in [5.74, 6) is 0.314. The van der Waals surface area contributed by atoms with E-state index in [1.807, 2.05) is 0 Å². The number of carbonyl (C=O) groups excluding carboxylic acids is 2. The van der Waals surface area contributed by atoms with E-state index in [1.54, 1.807) is 11.3 Å². The number of amides is 2. The quantitative estimate of drug-likeness (QED) is 0.723. The fourth-order valence-corrected chi connectivity index (χ4v) is 6.61. The van der Waals surface area contributed by atoms with Crippen molar-refractivity contribution in [1.29, 1.82) is 0 Å². The van der Waals surface area contributed by atoms with Crippen LogP contribution >= 0.6 is 11.3 Å². The molecule has 0 bridgehead atoms. The van der Waals surface area contributed by atoms with E-state index < -0.39 is 5.91 Å². The van der Waals surface area contributed by atoms with Crippen molar-refractivity contribution in [3.05, 3.63) is 16.0 Å². The van der Waals surface area contributed by atoms with Crippen LogP contribution in [0.2, 0.25) is 0 Å². The van der Waals surface area contributed by atoms with Gasteiger partial charge in [0, 0.05) is 11.4 Å². The van der Waals surface area contributed by atoms with Crippen LogP contribution in [-0.4, -0.2) is 60.9 Å². The van der Waals surface area contributed by atoms with Crippen LogP contribution in [0, 0.1) is 5.92 Å². The molecule has 3 aliphatic rings. The third-order valence-electron chi connectivity index (χ3n) is 6.96. The zero-order valence-electron chi connectivity index (χ0n) is 18.1. The van der Waals surface area contributed by atoms with Gasteiger partial charge in [-0.1, -0.05) is 12.8 Å². The molecule has 0 aromatic carbocycles. The van der Waals surface area contributed by atoms with Crippen molar-refractivity contribution in [2.75, 3.05) is 44.6 Å². The number of primary amides is 1. The number of nitrogens with one attached hydrogen (secondary N) is 1. The first-order valence-corrected chi connectivity index (χ1v) is 12.6. The highest BCUT2D eigenvalue weighted by atomic mass is 32.1. The van der Waals surface area contributed by atoms with Crippen molar-refractivity contribution in [3.63, 3.8) is 0 Å². The lowest BCUT2D eigenvalue weighted by Crippen LogP contribution is -2.42. The topological polar surface area (TPSA) is 78.7 Å².